The van der Waals surface area contributed by atoms with E-state index < -0.39 is 5.54 Å². The molecular formula is C37H36N4O2. The topological polar surface area (TPSA) is 48.4 Å². The van der Waals surface area contributed by atoms with Crippen molar-refractivity contribution in [2.75, 3.05) is 36.0 Å². The Kier molecular flexibility index (Phi) is 7.41. The van der Waals surface area contributed by atoms with Gasteiger partial charge in [-0.25, -0.2) is 5.01 Å². The Labute approximate surface area is 254 Å². The van der Waals surface area contributed by atoms with E-state index in [0.29, 0.717) is 22.6 Å². The highest BCUT2D eigenvalue weighted by atomic mass is 16.5. The van der Waals surface area contributed by atoms with Gasteiger partial charge in [0.05, 0.1) is 6.21 Å². The van der Waals surface area contributed by atoms with Crippen LogP contribution in [0.2, 0.25) is 0 Å². The first kappa shape index (κ1) is 28.1. The molecule has 4 aromatic rings. The predicted molar refractivity (Wildman–Crippen MR) is 175 cm³/mol. The molecule has 0 bridgehead atoms. The molecule has 0 N–H and O–H groups in total. The molecule has 1 amide bonds. The van der Waals surface area contributed by atoms with Gasteiger partial charge >= 0.3 is 0 Å². The fraction of sp³-hybridized carbons (Fsp3) is 0.243. The number of carbonyl (C=O) groups excluding carboxylic acids is 1. The number of terminal acetylenes is 1. The Morgan fingerprint density at radius 3 is 1.93 bits per heavy atom. The maximum absolute atomic E-state index is 14.3. The SMILES string of the molecule is C#Cc1ccccc1/C=N/N1C(=O)c2ccccc2C12c1ccc(N(CC)CC)cc1Oc1cc(N(CC)CC)ccc12. The number of hydrogen-bond donors (Lipinski definition) is 0. The number of carbonyl (C=O) groups is 1. The normalized spacial score (nSPS) is 14.2. The van der Waals surface area contributed by atoms with Crippen LogP contribution in [0.25, 0.3) is 0 Å². The molecule has 2 heterocycles. The molecule has 0 aromatic heterocycles. The van der Waals surface area contributed by atoms with Gasteiger partial charge in [-0.1, -0.05) is 54.5 Å². The van der Waals surface area contributed by atoms with E-state index in [1.54, 1.807) is 11.2 Å². The average molecular weight is 569 g/mol. The number of hydrogen-bond acceptors (Lipinski definition) is 5. The van der Waals surface area contributed by atoms with Crippen molar-refractivity contribution in [1.29, 1.82) is 0 Å². The van der Waals surface area contributed by atoms with E-state index in [-0.39, 0.29) is 5.91 Å². The fourth-order valence-electron chi connectivity index (χ4n) is 6.51. The lowest BCUT2D eigenvalue weighted by Gasteiger charge is -2.42. The average Bonchev–Trinajstić information content (AvgIpc) is 3.29. The van der Waals surface area contributed by atoms with E-state index in [4.69, 9.17) is 16.3 Å². The fourth-order valence-corrected chi connectivity index (χ4v) is 6.51. The van der Waals surface area contributed by atoms with E-state index in [1.807, 2.05) is 48.5 Å². The first-order chi connectivity index (χ1) is 21.0. The van der Waals surface area contributed by atoms with E-state index in [0.717, 1.165) is 59.8 Å². The molecule has 2 aliphatic heterocycles. The number of anilines is 2. The summed E-state index contributed by atoms with van der Waals surface area (Å²) in [5.74, 6) is 3.98. The third kappa shape index (κ3) is 4.35. The van der Waals surface area contributed by atoms with Crippen molar-refractivity contribution >= 4 is 23.5 Å². The molecule has 0 saturated heterocycles. The number of rotatable bonds is 8. The van der Waals surface area contributed by atoms with Crippen molar-refractivity contribution in [3.63, 3.8) is 0 Å². The highest BCUT2D eigenvalue weighted by molar-refractivity contribution is 6.03. The molecular weight excluding hydrogens is 532 g/mol. The third-order valence-electron chi connectivity index (χ3n) is 8.67. The minimum absolute atomic E-state index is 0.176. The molecule has 0 fully saturated rings. The van der Waals surface area contributed by atoms with Crippen LogP contribution in [0.5, 0.6) is 11.5 Å². The van der Waals surface area contributed by atoms with Gasteiger partial charge in [0.25, 0.3) is 5.91 Å². The summed E-state index contributed by atoms with van der Waals surface area (Å²) in [6, 6.07) is 28.0. The number of nitrogens with zero attached hydrogens (tertiary/aromatic N) is 4. The smallest absolute Gasteiger partial charge is 0.275 e. The summed E-state index contributed by atoms with van der Waals surface area (Å²) in [5, 5.41) is 6.56. The minimum atomic E-state index is -1.04. The van der Waals surface area contributed by atoms with Crippen LogP contribution < -0.4 is 14.5 Å². The molecule has 216 valence electrons. The van der Waals surface area contributed by atoms with Crippen LogP contribution in [0, 0.1) is 12.3 Å². The van der Waals surface area contributed by atoms with Crippen molar-refractivity contribution in [2.24, 2.45) is 5.10 Å². The minimum Gasteiger partial charge on any atom is -0.456 e. The lowest BCUT2D eigenvalue weighted by molar-refractivity contribution is 0.0675. The van der Waals surface area contributed by atoms with Gasteiger partial charge in [-0.3, -0.25) is 4.79 Å². The maximum atomic E-state index is 14.3. The van der Waals surface area contributed by atoms with Crippen molar-refractivity contribution in [3.8, 4) is 23.8 Å². The van der Waals surface area contributed by atoms with Crippen LogP contribution in [0.1, 0.15) is 65.9 Å². The second-order valence-electron chi connectivity index (χ2n) is 10.7. The summed E-state index contributed by atoms with van der Waals surface area (Å²) in [4.78, 5) is 18.9. The van der Waals surface area contributed by atoms with Crippen LogP contribution >= 0.6 is 0 Å². The molecule has 0 saturated carbocycles. The molecule has 1 spiro atoms. The number of fused-ring (bicyclic) bond motifs is 6. The van der Waals surface area contributed by atoms with Crippen LogP contribution in [0.15, 0.2) is 90.0 Å². The second kappa shape index (κ2) is 11.3. The molecule has 6 rings (SSSR count). The van der Waals surface area contributed by atoms with E-state index in [9.17, 15) is 4.79 Å². The van der Waals surface area contributed by atoms with Gasteiger partial charge in [-0.15, -0.1) is 6.42 Å². The zero-order valence-electron chi connectivity index (χ0n) is 25.2. The van der Waals surface area contributed by atoms with Gasteiger partial charge in [0, 0.05) is 83.1 Å². The van der Waals surface area contributed by atoms with E-state index in [1.165, 1.54) is 0 Å². The maximum Gasteiger partial charge on any atom is 0.275 e. The van der Waals surface area contributed by atoms with Gasteiger partial charge in [-0.2, -0.15) is 5.10 Å². The molecule has 43 heavy (non-hydrogen) atoms. The number of ether oxygens (including phenoxy) is 1. The first-order valence-corrected chi connectivity index (χ1v) is 15.0. The summed E-state index contributed by atoms with van der Waals surface area (Å²) in [7, 11) is 0. The van der Waals surface area contributed by atoms with Crippen LogP contribution in [0.4, 0.5) is 11.4 Å². The van der Waals surface area contributed by atoms with Crippen LogP contribution in [-0.4, -0.2) is 43.3 Å². The van der Waals surface area contributed by atoms with Gasteiger partial charge in [0.2, 0.25) is 0 Å². The zero-order valence-corrected chi connectivity index (χ0v) is 25.2. The molecule has 2 aliphatic rings. The third-order valence-corrected chi connectivity index (χ3v) is 8.67. The zero-order chi connectivity index (χ0) is 30.1. The number of benzene rings is 4. The molecule has 6 nitrogen and oxygen atoms in total. The van der Waals surface area contributed by atoms with Crippen molar-refractivity contribution in [1.82, 2.24) is 5.01 Å². The quantitative estimate of drug-likeness (QED) is 0.166. The van der Waals surface area contributed by atoms with Crippen LogP contribution in [0.3, 0.4) is 0 Å². The van der Waals surface area contributed by atoms with Crippen LogP contribution in [-0.2, 0) is 5.54 Å². The molecule has 4 aromatic carbocycles. The Hall–Kier alpha value is -5.02. The summed E-state index contributed by atoms with van der Waals surface area (Å²) in [6.07, 6.45) is 7.50. The molecule has 0 unspecified atom stereocenters. The molecule has 0 atom stereocenters. The Morgan fingerprint density at radius 2 is 1.35 bits per heavy atom. The standard InChI is InChI=1S/C37H36N4O2/c1-6-26-15-11-12-16-27(26)25-38-41-36(42)30-17-13-14-18-31(30)37(41)32-21-19-28(39(7-2)8-3)23-34(32)43-35-24-29(20-22-33(35)37)40(9-4)10-5/h1,11-25H,7-10H2,2-5H3/b38-25+. The van der Waals surface area contributed by atoms with Crippen molar-refractivity contribution in [3.05, 3.63) is 118 Å². The monoisotopic (exact) mass is 568 g/mol. The van der Waals surface area contributed by atoms with Gasteiger partial charge in [0.1, 0.15) is 17.0 Å². The summed E-state index contributed by atoms with van der Waals surface area (Å²) < 4.78 is 6.75. The van der Waals surface area contributed by atoms with E-state index in [2.05, 4.69) is 79.8 Å². The summed E-state index contributed by atoms with van der Waals surface area (Å²) >= 11 is 0. The molecule has 0 radical (unpaired) electrons. The Morgan fingerprint density at radius 1 is 0.791 bits per heavy atom. The first-order valence-electron chi connectivity index (χ1n) is 15.0. The van der Waals surface area contributed by atoms with Gasteiger partial charge in [0.15, 0.2) is 0 Å². The van der Waals surface area contributed by atoms with E-state index >= 15 is 0 Å². The van der Waals surface area contributed by atoms with Gasteiger partial charge < -0.3 is 14.5 Å². The van der Waals surface area contributed by atoms with Gasteiger partial charge in [-0.05, 0) is 52.0 Å². The highest BCUT2D eigenvalue weighted by Crippen LogP contribution is 2.58. The van der Waals surface area contributed by atoms with Crippen molar-refractivity contribution in [2.45, 2.75) is 33.2 Å². The molecule has 6 heteroatoms. The number of hydrazone groups is 1. The Bertz CT molecular complexity index is 1700. The highest BCUT2D eigenvalue weighted by Gasteiger charge is 2.57. The lowest BCUT2D eigenvalue weighted by atomic mass is 9.75. The largest absolute Gasteiger partial charge is 0.456 e. The summed E-state index contributed by atoms with van der Waals surface area (Å²) in [5.41, 5.74) is 5.80. The molecule has 0 aliphatic carbocycles. The van der Waals surface area contributed by atoms with Crippen molar-refractivity contribution < 1.29 is 9.53 Å². The second-order valence-corrected chi connectivity index (χ2v) is 10.7. The Balaban J connectivity index is 1.65. The predicted octanol–water partition coefficient (Wildman–Crippen LogP) is 7.25. The number of amides is 1. The summed E-state index contributed by atoms with van der Waals surface area (Å²) in [6.45, 7) is 12.1. The lowest BCUT2D eigenvalue weighted by Crippen LogP contribution is -2.44.